The average Bonchev–Trinajstić information content (AvgIpc) is 2.68. The van der Waals surface area contributed by atoms with Crippen LogP contribution in [0.3, 0.4) is 0 Å². The van der Waals surface area contributed by atoms with Gasteiger partial charge in [-0.3, -0.25) is 9.59 Å². The molecule has 6 heteroatoms. The molecule has 84 valence electrons. The van der Waals surface area contributed by atoms with Gasteiger partial charge in [-0.05, 0) is 19.8 Å². The quantitative estimate of drug-likeness (QED) is 0.589. The normalized spacial score (nSPS) is 17.3. The van der Waals surface area contributed by atoms with Crippen molar-refractivity contribution >= 4 is 17.8 Å². The Labute approximate surface area is 87.2 Å². The topological polar surface area (TPSA) is 86.7 Å². The molecule has 1 fully saturated rings. The summed E-state index contributed by atoms with van der Waals surface area (Å²) < 4.78 is 0. The fourth-order valence-electron chi connectivity index (χ4n) is 1.53. The molecule has 6 nitrogen and oxygen atoms in total. The predicted molar refractivity (Wildman–Crippen MR) is 51.1 cm³/mol. The van der Waals surface area contributed by atoms with Gasteiger partial charge in [0.25, 0.3) is 0 Å². The van der Waals surface area contributed by atoms with Crippen LogP contribution in [0.5, 0.6) is 0 Å². The highest BCUT2D eigenvalue weighted by molar-refractivity contribution is 6.31. The Bertz CT molecular complexity index is 284. The number of carboxylic acids is 1. The van der Waals surface area contributed by atoms with E-state index in [1.54, 1.807) is 4.90 Å². The minimum atomic E-state index is -1.57. The Morgan fingerprint density at radius 2 is 1.80 bits per heavy atom. The third-order valence-electron chi connectivity index (χ3n) is 2.33. The summed E-state index contributed by atoms with van der Waals surface area (Å²) in [5, 5.41) is 10.5. The monoisotopic (exact) mass is 214 g/mol. The molecule has 0 saturated carbocycles. The molecule has 1 rings (SSSR count). The second-order valence-corrected chi connectivity index (χ2v) is 3.53. The Morgan fingerprint density at radius 3 is 2.27 bits per heavy atom. The van der Waals surface area contributed by atoms with Crippen LogP contribution in [0.1, 0.15) is 19.8 Å². The summed E-state index contributed by atoms with van der Waals surface area (Å²) in [5.41, 5.74) is 0. The number of nitrogens with zero attached hydrogens (tertiary/aromatic N) is 1. The van der Waals surface area contributed by atoms with Crippen LogP contribution in [0.25, 0.3) is 0 Å². The summed E-state index contributed by atoms with van der Waals surface area (Å²) in [5.74, 6) is -2.94. The van der Waals surface area contributed by atoms with Crippen molar-refractivity contribution in [2.75, 3.05) is 13.1 Å². The molecule has 1 atom stereocenters. The van der Waals surface area contributed by atoms with Crippen molar-refractivity contribution in [1.29, 1.82) is 0 Å². The first-order chi connectivity index (χ1) is 7.02. The third kappa shape index (κ3) is 2.93. The fraction of sp³-hybridized carbons (Fsp3) is 0.667. The van der Waals surface area contributed by atoms with Crippen molar-refractivity contribution in [3.63, 3.8) is 0 Å². The molecule has 0 bridgehead atoms. The third-order valence-corrected chi connectivity index (χ3v) is 2.33. The fourth-order valence-corrected chi connectivity index (χ4v) is 1.53. The van der Waals surface area contributed by atoms with E-state index in [2.05, 4.69) is 5.32 Å². The van der Waals surface area contributed by atoms with E-state index in [1.807, 2.05) is 0 Å². The number of carbonyl (C=O) groups excluding carboxylic acids is 2. The standard InChI is InChI=1S/C9H14N2O4/c1-6(10-7(12)9(14)15)8(13)11-4-2-3-5-11/h6H,2-5H2,1H3,(H,10,12)(H,14,15). The number of hydrogen-bond acceptors (Lipinski definition) is 3. The van der Waals surface area contributed by atoms with Crippen LogP contribution in [-0.4, -0.2) is 46.9 Å². The molecule has 15 heavy (non-hydrogen) atoms. The zero-order valence-electron chi connectivity index (χ0n) is 8.52. The van der Waals surface area contributed by atoms with E-state index in [1.165, 1.54) is 6.92 Å². The van der Waals surface area contributed by atoms with Crippen molar-refractivity contribution < 1.29 is 19.5 Å². The van der Waals surface area contributed by atoms with Crippen molar-refractivity contribution in [1.82, 2.24) is 10.2 Å². The number of rotatable bonds is 2. The van der Waals surface area contributed by atoms with Crippen molar-refractivity contribution in [3.8, 4) is 0 Å². The van der Waals surface area contributed by atoms with E-state index in [0.29, 0.717) is 13.1 Å². The van der Waals surface area contributed by atoms with Crippen LogP contribution in [0.2, 0.25) is 0 Å². The van der Waals surface area contributed by atoms with Gasteiger partial charge in [0.1, 0.15) is 6.04 Å². The van der Waals surface area contributed by atoms with Crippen molar-refractivity contribution in [3.05, 3.63) is 0 Å². The van der Waals surface area contributed by atoms with E-state index in [-0.39, 0.29) is 5.91 Å². The van der Waals surface area contributed by atoms with E-state index in [4.69, 9.17) is 5.11 Å². The number of nitrogens with one attached hydrogen (secondary N) is 1. The van der Waals surface area contributed by atoms with Crippen molar-refractivity contribution in [2.24, 2.45) is 0 Å². The first-order valence-electron chi connectivity index (χ1n) is 4.85. The summed E-state index contributed by atoms with van der Waals surface area (Å²) in [4.78, 5) is 34.3. The maximum absolute atomic E-state index is 11.6. The number of aliphatic carboxylic acids is 1. The van der Waals surface area contributed by atoms with Crippen LogP contribution < -0.4 is 5.32 Å². The minimum absolute atomic E-state index is 0.220. The molecular formula is C9H14N2O4. The van der Waals surface area contributed by atoms with Crippen LogP contribution in [-0.2, 0) is 14.4 Å². The van der Waals surface area contributed by atoms with Gasteiger partial charge in [0.05, 0.1) is 0 Å². The smallest absolute Gasteiger partial charge is 0.394 e. The Hall–Kier alpha value is -1.59. The molecule has 0 spiro atoms. The maximum atomic E-state index is 11.6. The van der Waals surface area contributed by atoms with Crippen molar-refractivity contribution in [2.45, 2.75) is 25.8 Å². The van der Waals surface area contributed by atoms with E-state index >= 15 is 0 Å². The number of hydrogen-bond donors (Lipinski definition) is 2. The van der Waals surface area contributed by atoms with E-state index in [9.17, 15) is 14.4 Å². The SMILES string of the molecule is CC(NC(=O)C(=O)O)C(=O)N1CCCC1. The lowest BCUT2D eigenvalue weighted by atomic mass is 10.3. The molecule has 0 aliphatic carbocycles. The van der Waals surface area contributed by atoms with Gasteiger partial charge in [-0.2, -0.15) is 0 Å². The number of likely N-dealkylation sites (tertiary alicyclic amines) is 1. The molecule has 2 amide bonds. The largest absolute Gasteiger partial charge is 0.474 e. The zero-order chi connectivity index (χ0) is 11.4. The van der Waals surface area contributed by atoms with Crippen LogP contribution >= 0.6 is 0 Å². The average molecular weight is 214 g/mol. The molecule has 2 N–H and O–H groups in total. The van der Waals surface area contributed by atoms with Gasteiger partial charge in [0.15, 0.2) is 0 Å². The lowest BCUT2D eigenvalue weighted by molar-refractivity contribution is -0.151. The van der Waals surface area contributed by atoms with Gasteiger partial charge < -0.3 is 15.3 Å². The van der Waals surface area contributed by atoms with Crippen LogP contribution in [0, 0.1) is 0 Å². The molecule has 1 heterocycles. The lowest BCUT2D eigenvalue weighted by Crippen LogP contribution is -2.47. The van der Waals surface area contributed by atoms with Gasteiger partial charge in [0.2, 0.25) is 5.91 Å². The molecule has 0 aromatic rings. The molecule has 1 aliphatic rings. The van der Waals surface area contributed by atoms with Gasteiger partial charge in [-0.1, -0.05) is 0 Å². The maximum Gasteiger partial charge on any atom is 0.394 e. The minimum Gasteiger partial charge on any atom is -0.474 e. The second kappa shape index (κ2) is 4.77. The second-order valence-electron chi connectivity index (χ2n) is 3.53. The molecule has 0 radical (unpaired) electrons. The molecule has 0 aromatic carbocycles. The highest BCUT2D eigenvalue weighted by Crippen LogP contribution is 2.08. The number of amides is 2. The van der Waals surface area contributed by atoms with Crippen LogP contribution in [0.4, 0.5) is 0 Å². The van der Waals surface area contributed by atoms with Gasteiger partial charge in [0, 0.05) is 13.1 Å². The van der Waals surface area contributed by atoms with Gasteiger partial charge in [-0.25, -0.2) is 4.79 Å². The lowest BCUT2D eigenvalue weighted by Gasteiger charge is -2.20. The number of carbonyl (C=O) groups is 3. The Morgan fingerprint density at radius 1 is 1.27 bits per heavy atom. The van der Waals surface area contributed by atoms with E-state index in [0.717, 1.165) is 12.8 Å². The highest BCUT2D eigenvalue weighted by Gasteiger charge is 2.25. The molecular weight excluding hydrogens is 200 g/mol. The van der Waals surface area contributed by atoms with Crippen LogP contribution in [0.15, 0.2) is 0 Å². The first-order valence-corrected chi connectivity index (χ1v) is 4.85. The zero-order valence-corrected chi connectivity index (χ0v) is 8.52. The summed E-state index contributed by atoms with van der Waals surface area (Å²) in [6.07, 6.45) is 1.93. The Kier molecular flexibility index (Phi) is 3.65. The predicted octanol–water partition coefficient (Wildman–Crippen LogP) is -0.802. The summed E-state index contributed by atoms with van der Waals surface area (Å²) in [7, 11) is 0. The van der Waals surface area contributed by atoms with Gasteiger partial charge in [-0.15, -0.1) is 0 Å². The molecule has 0 aromatic heterocycles. The molecule has 1 saturated heterocycles. The molecule has 1 aliphatic heterocycles. The first kappa shape index (κ1) is 11.5. The number of carboxylic acid groups (broad SMARTS) is 1. The van der Waals surface area contributed by atoms with E-state index < -0.39 is 17.9 Å². The summed E-state index contributed by atoms with van der Waals surface area (Å²) in [6, 6.07) is -0.772. The Balaban J connectivity index is 2.45. The van der Waals surface area contributed by atoms with Gasteiger partial charge >= 0.3 is 11.9 Å². The highest BCUT2D eigenvalue weighted by atomic mass is 16.4. The molecule has 1 unspecified atom stereocenters. The summed E-state index contributed by atoms with van der Waals surface area (Å²) in [6.45, 7) is 2.86. The summed E-state index contributed by atoms with van der Waals surface area (Å²) >= 11 is 0.